The monoisotopic (exact) mass is 374 g/mol. The molecule has 0 saturated heterocycles. The Balaban J connectivity index is 2.30. The molecule has 116 valence electrons. The molecular formula is C14H20BrClN4O. The van der Waals surface area contributed by atoms with Crippen molar-refractivity contribution in [3.05, 3.63) is 16.0 Å². The number of carbonyl (C=O) groups is 1. The fraction of sp³-hybridized carbons (Fsp3) is 0.643. The number of amides is 1. The molecule has 1 aromatic rings. The Kier molecular flexibility index (Phi) is 5.81. The first-order valence-electron chi connectivity index (χ1n) is 7.20. The minimum atomic E-state index is 0.0294. The van der Waals surface area contributed by atoms with Gasteiger partial charge in [0, 0.05) is 31.7 Å². The van der Waals surface area contributed by atoms with Gasteiger partial charge in [0.25, 0.3) is 0 Å². The highest BCUT2D eigenvalue weighted by molar-refractivity contribution is 9.10. The second kappa shape index (κ2) is 7.40. The van der Waals surface area contributed by atoms with Crippen molar-refractivity contribution in [2.45, 2.75) is 51.1 Å². The lowest BCUT2D eigenvalue weighted by Gasteiger charge is -2.36. The van der Waals surface area contributed by atoms with Crippen molar-refractivity contribution in [3.63, 3.8) is 0 Å². The zero-order chi connectivity index (χ0) is 15.4. The molecule has 0 spiro atoms. The van der Waals surface area contributed by atoms with E-state index in [9.17, 15) is 4.79 Å². The van der Waals surface area contributed by atoms with Gasteiger partial charge in [-0.05, 0) is 47.3 Å². The number of halogens is 2. The first-order valence-corrected chi connectivity index (χ1v) is 8.37. The summed E-state index contributed by atoms with van der Waals surface area (Å²) in [5.74, 6) is 0.806. The van der Waals surface area contributed by atoms with Gasteiger partial charge in [0.15, 0.2) is 0 Å². The number of hydrogen-bond acceptors (Lipinski definition) is 4. The second-order valence-corrected chi connectivity index (χ2v) is 6.57. The van der Waals surface area contributed by atoms with Crippen LogP contribution in [-0.2, 0) is 4.79 Å². The van der Waals surface area contributed by atoms with E-state index in [1.54, 1.807) is 13.2 Å². The molecule has 0 aromatic carbocycles. The normalized spacial score (nSPS) is 16.8. The molecule has 1 unspecified atom stereocenters. The Morgan fingerprint density at radius 2 is 2.24 bits per heavy atom. The fourth-order valence-electron chi connectivity index (χ4n) is 2.91. The van der Waals surface area contributed by atoms with Crippen molar-refractivity contribution in [3.8, 4) is 0 Å². The molecule has 0 radical (unpaired) electrons. The first-order chi connectivity index (χ1) is 10.0. The quantitative estimate of drug-likeness (QED) is 0.803. The number of nitrogens with one attached hydrogen (secondary N) is 1. The molecule has 1 saturated carbocycles. The molecule has 1 aliphatic rings. The number of carbonyl (C=O) groups excluding carboxylic acids is 1. The summed E-state index contributed by atoms with van der Waals surface area (Å²) in [7, 11) is 1.66. The third-order valence-corrected chi connectivity index (χ3v) is 4.63. The maximum Gasteiger partial charge on any atom is 0.224 e. The van der Waals surface area contributed by atoms with Gasteiger partial charge in [-0.15, -0.1) is 0 Å². The van der Waals surface area contributed by atoms with Crippen LogP contribution in [0.15, 0.2) is 10.7 Å². The molecule has 21 heavy (non-hydrogen) atoms. The van der Waals surface area contributed by atoms with Crippen molar-refractivity contribution < 1.29 is 4.79 Å². The van der Waals surface area contributed by atoms with Gasteiger partial charge in [0.05, 0.1) is 4.47 Å². The van der Waals surface area contributed by atoms with Gasteiger partial charge >= 0.3 is 0 Å². The predicted molar refractivity (Wildman–Crippen MR) is 87.6 cm³/mol. The van der Waals surface area contributed by atoms with E-state index in [1.165, 1.54) is 12.8 Å². The van der Waals surface area contributed by atoms with Crippen LogP contribution in [0.1, 0.15) is 39.0 Å². The Labute approximate surface area is 138 Å². The van der Waals surface area contributed by atoms with E-state index in [1.807, 2.05) is 0 Å². The minimum Gasteiger partial charge on any atom is -0.359 e. The van der Waals surface area contributed by atoms with Gasteiger partial charge in [0.2, 0.25) is 11.2 Å². The lowest BCUT2D eigenvalue weighted by Crippen LogP contribution is -2.43. The molecule has 7 heteroatoms. The highest BCUT2D eigenvalue weighted by Gasteiger charge is 2.30. The maximum absolute atomic E-state index is 11.7. The summed E-state index contributed by atoms with van der Waals surface area (Å²) in [6, 6.07) is 0.447. The molecule has 1 atom stereocenters. The molecule has 1 N–H and O–H groups in total. The highest BCUT2D eigenvalue weighted by Crippen LogP contribution is 2.34. The zero-order valence-electron chi connectivity index (χ0n) is 12.3. The molecule has 0 bridgehead atoms. The van der Waals surface area contributed by atoms with Crippen LogP contribution in [0.25, 0.3) is 0 Å². The lowest BCUT2D eigenvalue weighted by atomic mass is 10.1. The molecule has 1 aliphatic carbocycles. The van der Waals surface area contributed by atoms with Gasteiger partial charge in [-0.3, -0.25) is 4.79 Å². The Morgan fingerprint density at radius 1 is 1.57 bits per heavy atom. The van der Waals surface area contributed by atoms with Crippen molar-refractivity contribution >= 4 is 39.3 Å². The van der Waals surface area contributed by atoms with Gasteiger partial charge in [-0.1, -0.05) is 12.8 Å². The number of anilines is 1. The van der Waals surface area contributed by atoms with Crippen molar-refractivity contribution in [1.82, 2.24) is 15.3 Å². The van der Waals surface area contributed by atoms with E-state index in [-0.39, 0.29) is 17.2 Å². The van der Waals surface area contributed by atoms with Crippen LogP contribution in [0, 0.1) is 0 Å². The van der Waals surface area contributed by atoms with E-state index in [4.69, 9.17) is 11.6 Å². The maximum atomic E-state index is 11.7. The molecule has 2 rings (SSSR count). The molecule has 5 nitrogen and oxygen atoms in total. The molecule has 0 aliphatic heterocycles. The highest BCUT2D eigenvalue weighted by atomic mass is 79.9. The summed E-state index contributed by atoms with van der Waals surface area (Å²) >= 11 is 9.46. The third kappa shape index (κ3) is 4.07. The summed E-state index contributed by atoms with van der Waals surface area (Å²) in [6.45, 7) is 2.05. The van der Waals surface area contributed by atoms with E-state index >= 15 is 0 Å². The Hall–Kier alpha value is -0.880. The largest absolute Gasteiger partial charge is 0.359 e. The molecule has 1 fully saturated rings. The number of hydrogen-bond donors (Lipinski definition) is 1. The molecule has 1 amide bonds. The van der Waals surface area contributed by atoms with E-state index in [0.717, 1.165) is 23.1 Å². The van der Waals surface area contributed by atoms with E-state index < -0.39 is 0 Å². The van der Waals surface area contributed by atoms with E-state index in [0.29, 0.717) is 12.5 Å². The van der Waals surface area contributed by atoms with Crippen LogP contribution >= 0.6 is 27.5 Å². The molecule has 1 aromatic heterocycles. The predicted octanol–water partition coefficient (Wildman–Crippen LogP) is 3.17. The average Bonchev–Trinajstić information content (AvgIpc) is 2.96. The number of rotatable bonds is 5. The zero-order valence-corrected chi connectivity index (χ0v) is 14.6. The second-order valence-electron chi connectivity index (χ2n) is 5.38. The van der Waals surface area contributed by atoms with E-state index in [2.05, 4.69) is 43.0 Å². The van der Waals surface area contributed by atoms with Crippen molar-refractivity contribution in [2.75, 3.05) is 11.9 Å². The van der Waals surface area contributed by atoms with Crippen LogP contribution in [0.3, 0.4) is 0 Å². The average molecular weight is 376 g/mol. The Bertz CT molecular complexity index is 508. The van der Waals surface area contributed by atoms with Crippen molar-refractivity contribution in [1.29, 1.82) is 0 Å². The summed E-state index contributed by atoms with van der Waals surface area (Å²) in [6.07, 6.45) is 6.76. The van der Waals surface area contributed by atoms with Crippen LogP contribution in [0.2, 0.25) is 5.28 Å². The minimum absolute atomic E-state index is 0.0294. The topological polar surface area (TPSA) is 58.1 Å². The van der Waals surface area contributed by atoms with Crippen LogP contribution in [-0.4, -0.2) is 35.0 Å². The van der Waals surface area contributed by atoms with Gasteiger partial charge in [-0.2, -0.15) is 4.98 Å². The molecule has 1 heterocycles. The fourth-order valence-corrected chi connectivity index (χ4v) is 3.44. The number of aromatic nitrogens is 2. The standard InChI is InChI=1S/C14H20BrClN4O/c1-9(7-12(21)17-2)20(10-5-3-4-6-10)13-11(15)8-18-14(16)19-13/h8-10H,3-7H2,1-2H3,(H,17,21). The van der Waals surface area contributed by atoms with Crippen molar-refractivity contribution in [2.24, 2.45) is 0 Å². The van der Waals surface area contributed by atoms with Crippen LogP contribution in [0.5, 0.6) is 0 Å². The SMILES string of the molecule is CNC(=O)CC(C)N(c1nc(Cl)ncc1Br)C1CCCC1. The summed E-state index contributed by atoms with van der Waals surface area (Å²) in [5, 5.41) is 2.91. The van der Waals surface area contributed by atoms with Gasteiger partial charge in [0.1, 0.15) is 5.82 Å². The summed E-state index contributed by atoms with van der Waals surface area (Å²) in [5.41, 5.74) is 0. The van der Waals surface area contributed by atoms with Gasteiger partial charge < -0.3 is 10.2 Å². The van der Waals surface area contributed by atoms with Crippen LogP contribution < -0.4 is 10.2 Å². The lowest BCUT2D eigenvalue weighted by molar-refractivity contribution is -0.120. The Morgan fingerprint density at radius 3 is 2.86 bits per heavy atom. The van der Waals surface area contributed by atoms with Crippen LogP contribution in [0.4, 0.5) is 5.82 Å². The molecular weight excluding hydrogens is 356 g/mol. The summed E-state index contributed by atoms with van der Waals surface area (Å²) in [4.78, 5) is 22.3. The number of nitrogens with zero attached hydrogens (tertiary/aromatic N) is 3. The smallest absolute Gasteiger partial charge is 0.224 e. The summed E-state index contributed by atoms with van der Waals surface area (Å²) < 4.78 is 0.808. The van der Waals surface area contributed by atoms with Gasteiger partial charge in [-0.25, -0.2) is 4.98 Å². The third-order valence-electron chi connectivity index (χ3n) is 3.89. The first kappa shape index (κ1) is 16.5.